The van der Waals surface area contributed by atoms with Gasteiger partial charge >= 0.3 is 5.97 Å². The number of fused-ring (bicyclic) bond motifs is 1. The van der Waals surface area contributed by atoms with Crippen molar-refractivity contribution in [1.82, 2.24) is 9.97 Å². The van der Waals surface area contributed by atoms with E-state index in [4.69, 9.17) is 10.8 Å². The zero-order valence-corrected chi connectivity index (χ0v) is 17.4. The van der Waals surface area contributed by atoms with Crippen LogP contribution in [0.5, 0.6) is 0 Å². The van der Waals surface area contributed by atoms with Crippen LogP contribution in [0.1, 0.15) is 53.5 Å². The highest BCUT2D eigenvalue weighted by atomic mass is 32.2. The Hall–Kier alpha value is -1.67. The Morgan fingerprint density at radius 2 is 1.96 bits per heavy atom. The quantitative estimate of drug-likeness (QED) is 0.595. The molecule has 0 spiro atoms. The molecule has 0 fully saturated rings. The molecule has 0 unspecified atom stereocenters. The largest absolute Gasteiger partial charge is 0.480 e. The van der Waals surface area contributed by atoms with Crippen LogP contribution >= 0.6 is 11.8 Å². The maximum absolute atomic E-state index is 12.5. The van der Waals surface area contributed by atoms with Gasteiger partial charge < -0.3 is 10.8 Å². The second-order valence-electron chi connectivity index (χ2n) is 7.26. The van der Waals surface area contributed by atoms with Gasteiger partial charge in [-0.2, -0.15) is 0 Å². The van der Waals surface area contributed by atoms with Crippen LogP contribution in [0.2, 0.25) is 0 Å². The van der Waals surface area contributed by atoms with Crippen LogP contribution in [-0.2, 0) is 15.0 Å². The van der Waals surface area contributed by atoms with E-state index in [0.717, 1.165) is 17.8 Å². The van der Waals surface area contributed by atoms with Gasteiger partial charge in [0.25, 0.3) is 0 Å². The average Bonchev–Trinajstić information content (AvgIpc) is 2.79. The second-order valence-corrected chi connectivity index (χ2v) is 8.03. The molecule has 0 bridgehead atoms. The van der Waals surface area contributed by atoms with Crippen molar-refractivity contribution in [2.75, 3.05) is 11.2 Å². The van der Waals surface area contributed by atoms with Crippen molar-refractivity contribution in [1.29, 1.82) is 0 Å². The number of carboxylic acid groups (broad SMARTS) is 1. The predicted molar refractivity (Wildman–Crippen MR) is 105 cm³/mol. The minimum Gasteiger partial charge on any atom is -0.480 e. The van der Waals surface area contributed by atoms with Crippen molar-refractivity contribution in [2.45, 2.75) is 70.6 Å². The number of thioether (sulfide) groups is 1. The van der Waals surface area contributed by atoms with Gasteiger partial charge in [-0.15, -0.1) is 0 Å². The van der Waals surface area contributed by atoms with Gasteiger partial charge in [0.15, 0.2) is 5.16 Å². The summed E-state index contributed by atoms with van der Waals surface area (Å²) in [4.78, 5) is 33.2. The summed E-state index contributed by atoms with van der Waals surface area (Å²) in [5.41, 5.74) is 5.58. The summed E-state index contributed by atoms with van der Waals surface area (Å²) in [6.07, 6.45) is 4.66. The van der Waals surface area contributed by atoms with E-state index in [-0.39, 0.29) is 17.9 Å². The molecule has 2 heterocycles. The summed E-state index contributed by atoms with van der Waals surface area (Å²) < 4.78 is 0. The Kier molecular flexibility index (Phi) is 7.58. The number of hydrogen-bond acceptors (Lipinski definition) is 6. The van der Waals surface area contributed by atoms with E-state index in [1.54, 1.807) is 20.0 Å². The first-order valence-corrected chi connectivity index (χ1v) is 9.94. The molecule has 1 aliphatic rings. The molecule has 26 heavy (non-hydrogen) atoms. The van der Waals surface area contributed by atoms with Gasteiger partial charge in [0, 0.05) is 17.8 Å². The van der Waals surface area contributed by atoms with E-state index in [0.29, 0.717) is 5.16 Å². The molecule has 1 aromatic heterocycles. The van der Waals surface area contributed by atoms with Crippen molar-refractivity contribution in [3.8, 4) is 0 Å². The van der Waals surface area contributed by atoms with Gasteiger partial charge in [0.1, 0.15) is 11.9 Å². The summed E-state index contributed by atoms with van der Waals surface area (Å²) in [5.74, 6) is 0.00519. The summed E-state index contributed by atoms with van der Waals surface area (Å²) in [6.45, 7) is 11.6. The molecule has 0 saturated heterocycles. The van der Waals surface area contributed by atoms with E-state index in [1.807, 2.05) is 25.0 Å². The summed E-state index contributed by atoms with van der Waals surface area (Å²) in [7, 11) is 0. The average molecular weight is 383 g/mol. The third-order valence-corrected chi connectivity index (χ3v) is 5.18. The van der Waals surface area contributed by atoms with E-state index in [2.05, 4.69) is 23.8 Å². The lowest BCUT2D eigenvalue weighted by molar-refractivity contribution is -0.139. The van der Waals surface area contributed by atoms with Crippen LogP contribution in [0, 0.1) is 5.92 Å². The molecule has 2 rings (SSSR count). The Labute approximate surface area is 159 Å². The highest BCUT2D eigenvalue weighted by molar-refractivity contribution is 7.98. The molecule has 2 atom stereocenters. The maximum Gasteiger partial charge on any atom is 0.320 e. The van der Waals surface area contributed by atoms with Gasteiger partial charge in [-0.1, -0.05) is 32.5 Å². The van der Waals surface area contributed by atoms with E-state index >= 15 is 0 Å². The Morgan fingerprint density at radius 3 is 2.35 bits per heavy atom. The predicted octanol–water partition coefficient (Wildman–Crippen LogP) is 2.68. The van der Waals surface area contributed by atoms with Crippen molar-refractivity contribution in [3.63, 3.8) is 0 Å². The fraction of sp³-hybridized carbons (Fsp3) is 0.667. The van der Waals surface area contributed by atoms with Crippen molar-refractivity contribution >= 4 is 29.5 Å². The van der Waals surface area contributed by atoms with Gasteiger partial charge in [-0.25, -0.2) is 9.97 Å². The smallest absolute Gasteiger partial charge is 0.320 e. The Balaban J connectivity index is 0.000000359. The SMILES string of the molecule is CC(C)[C@H](N)C(=O)O.CC[C@H](C)N1C(=O)C(C)(C)c2cnc(SC)nc21. The van der Waals surface area contributed by atoms with Gasteiger partial charge in [-0.3, -0.25) is 14.5 Å². The van der Waals surface area contributed by atoms with Crippen molar-refractivity contribution < 1.29 is 14.7 Å². The maximum atomic E-state index is 12.5. The highest BCUT2D eigenvalue weighted by Crippen LogP contribution is 2.41. The summed E-state index contributed by atoms with van der Waals surface area (Å²) in [6, 6.07) is -0.544. The summed E-state index contributed by atoms with van der Waals surface area (Å²) >= 11 is 1.50. The zero-order valence-electron chi connectivity index (χ0n) is 16.6. The number of hydrogen-bond donors (Lipinski definition) is 2. The molecule has 0 radical (unpaired) electrons. The fourth-order valence-electron chi connectivity index (χ4n) is 2.47. The zero-order chi connectivity index (χ0) is 20.2. The minimum atomic E-state index is -0.931. The molecule has 0 saturated carbocycles. The number of carbonyl (C=O) groups is 2. The number of nitrogens with zero attached hydrogens (tertiary/aromatic N) is 3. The number of carbonyl (C=O) groups excluding carboxylic acids is 1. The molecule has 1 amide bonds. The lowest BCUT2D eigenvalue weighted by Crippen LogP contribution is -2.41. The van der Waals surface area contributed by atoms with E-state index in [1.165, 1.54) is 11.8 Å². The molecule has 8 heteroatoms. The molecule has 0 aromatic carbocycles. The first kappa shape index (κ1) is 22.4. The normalized spacial score (nSPS) is 17.4. The third-order valence-electron chi connectivity index (χ3n) is 4.62. The van der Waals surface area contributed by atoms with Crippen LogP contribution in [0.3, 0.4) is 0 Å². The van der Waals surface area contributed by atoms with Crippen molar-refractivity contribution in [3.05, 3.63) is 11.8 Å². The van der Waals surface area contributed by atoms with Crippen LogP contribution in [0.15, 0.2) is 11.4 Å². The first-order chi connectivity index (χ1) is 12.0. The van der Waals surface area contributed by atoms with Crippen molar-refractivity contribution in [2.24, 2.45) is 11.7 Å². The Morgan fingerprint density at radius 1 is 1.38 bits per heavy atom. The van der Waals surface area contributed by atoms with Crippen LogP contribution in [-0.4, -0.2) is 45.3 Å². The van der Waals surface area contributed by atoms with Gasteiger partial charge in [0.2, 0.25) is 5.91 Å². The monoisotopic (exact) mass is 382 g/mol. The number of aromatic nitrogens is 2. The molecular weight excluding hydrogens is 352 g/mol. The minimum absolute atomic E-state index is 0.0208. The molecule has 1 aromatic rings. The number of amides is 1. The number of rotatable bonds is 5. The van der Waals surface area contributed by atoms with Crippen LogP contribution < -0.4 is 10.6 Å². The molecular formula is C18H30N4O3S. The standard InChI is InChI=1S/C13H19N3OS.C5H11NO2/c1-6-8(2)16-10-9(13(3,4)11(16)17)7-14-12(15-10)18-5;1-3(2)4(6)5(7)8/h7-8H,6H2,1-5H3;3-4H,6H2,1-2H3,(H,7,8)/t8-;4-/m00/s1. The number of aliphatic carboxylic acids is 1. The third kappa shape index (κ3) is 4.54. The van der Waals surface area contributed by atoms with Crippen LogP contribution in [0.4, 0.5) is 5.82 Å². The lowest BCUT2D eigenvalue weighted by atomic mass is 9.88. The number of nitrogens with two attached hydrogens (primary N) is 1. The summed E-state index contributed by atoms with van der Waals surface area (Å²) in [5, 5.41) is 8.94. The topological polar surface area (TPSA) is 109 Å². The second kappa shape index (κ2) is 8.81. The Bertz CT molecular complexity index is 664. The molecule has 3 N–H and O–H groups in total. The first-order valence-electron chi connectivity index (χ1n) is 8.72. The molecule has 1 aliphatic heterocycles. The number of anilines is 1. The van der Waals surface area contributed by atoms with Crippen LogP contribution in [0.25, 0.3) is 0 Å². The fourth-order valence-corrected chi connectivity index (χ4v) is 2.81. The van der Waals surface area contributed by atoms with Gasteiger partial charge in [-0.05, 0) is 39.4 Å². The van der Waals surface area contributed by atoms with E-state index in [9.17, 15) is 9.59 Å². The van der Waals surface area contributed by atoms with Gasteiger partial charge in [0.05, 0.1) is 5.41 Å². The highest BCUT2D eigenvalue weighted by Gasteiger charge is 2.46. The van der Waals surface area contributed by atoms with E-state index < -0.39 is 17.4 Å². The molecule has 146 valence electrons. The molecule has 7 nitrogen and oxygen atoms in total. The lowest BCUT2D eigenvalue weighted by Gasteiger charge is -2.25. The number of carboxylic acids is 1. The molecule has 0 aliphatic carbocycles.